The summed E-state index contributed by atoms with van der Waals surface area (Å²) in [6.45, 7) is 3.38. The summed E-state index contributed by atoms with van der Waals surface area (Å²) in [5, 5.41) is 21.3. The second-order valence-electron chi connectivity index (χ2n) is 7.40. The Hall–Kier alpha value is -1.88. The van der Waals surface area contributed by atoms with Crippen LogP contribution in [-0.2, 0) is 12.1 Å². The Bertz CT molecular complexity index is 689. The molecule has 0 amide bonds. The maximum absolute atomic E-state index is 11.5. The van der Waals surface area contributed by atoms with Crippen molar-refractivity contribution in [3.8, 4) is 5.75 Å². The van der Waals surface area contributed by atoms with Crippen LogP contribution in [-0.4, -0.2) is 53.7 Å². The van der Waals surface area contributed by atoms with E-state index in [1.807, 2.05) is 32.3 Å². The van der Waals surface area contributed by atoms with Gasteiger partial charge in [0.1, 0.15) is 5.75 Å². The third kappa shape index (κ3) is 4.21. The highest BCUT2D eigenvalue weighted by atomic mass is 16.3. The number of hydrogen-bond donors (Lipinski definition) is 2. The lowest BCUT2D eigenvalue weighted by Crippen LogP contribution is -2.52. The van der Waals surface area contributed by atoms with E-state index in [-0.39, 0.29) is 11.7 Å². The van der Waals surface area contributed by atoms with Gasteiger partial charge in [0.15, 0.2) is 0 Å². The van der Waals surface area contributed by atoms with E-state index < -0.39 is 5.60 Å². The number of phenols is 1. The lowest BCUT2D eigenvalue weighted by Gasteiger charge is -2.46. The maximum atomic E-state index is 11.5. The lowest BCUT2D eigenvalue weighted by atomic mass is 9.75. The molecule has 134 valence electrons. The molecule has 0 bridgehead atoms. The molecule has 0 radical (unpaired) electrons. The summed E-state index contributed by atoms with van der Waals surface area (Å²) in [6.07, 6.45) is 0.668. The second kappa shape index (κ2) is 7.56. The zero-order chi connectivity index (χ0) is 17.9. The van der Waals surface area contributed by atoms with Crippen molar-refractivity contribution < 1.29 is 10.2 Å². The van der Waals surface area contributed by atoms with Crippen LogP contribution in [0.15, 0.2) is 54.6 Å². The van der Waals surface area contributed by atoms with Crippen LogP contribution in [0.2, 0.25) is 0 Å². The maximum Gasteiger partial charge on any atom is 0.115 e. The summed E-state index contributed by atoms with van der Waals surface area (Å²) in [5.74, 6) is 0.294. The molecular formula is C21H28N2O2. The van der Waals surface area contributed by atoms with E-state index in [2.05, 4.69) is 34.1 Å². The molecule has 0 saturated carbocycles. The van der Waals surface area contributed by atoms with Gasteiger partial charge in [-0.15, -0.1) is 0 Å². The summed E-state index contributed by atoms with van der Waals surface area (Å²) < 4.78 is 0. The van der Waals surface area contributed by atoms with Gasteiger partial charge in [-0.05, 0) is 43.8 Å². The molecule has 4 heteroatoms. The van der Waals surface area contributed by atoms with Gasteiger partial charge in [-0.3, -0.25) is 4.90 Å². The van der Waals surface area contributed by atoms with Crippen LogP contribution >= 0.6 is 0 Å². The molecule has 2 atom stereocenters. The minimum Gasteiger partial charge on any atom is -0.508 e. The zero-order valence-corrected chi connectivity index (χ0v) is 15.1. The highest BCUT2D eigenvalue weighted by molar-refractivity contribution is 5.32. The SMILES string of the molecule is CN(C)CC1CN(Cc2ccccc2)CCC1(O)c1cccc(O)c1. The monoisotopic (exact) mass is 340 g/mol. The molecule has 1 aliphatic heterocycles. The van der Waals surface area contributed by atoms with E-state index in [0.29, 0.717) is 6.42 Å². The first-order valence-corrected chi connectivity index (χ1v) is 8.90. The summed E-state index contributed by atoms with van der Waals surface area (Å²) in [4.78, 5) is 4.55. The Balaban J connectivity index is 1.81. The van der Waals surface area contributed by atoms with Gasteiger partial charge in [-0.1, -0.05) is 42.5 Å². The van der Waals surface area contributed by atoms with Gasteiger partial charge in [0, 0.05) is 32.1 Å². The fraction of sp³-hybridized carbons (Fsp3) is 0.429. The standard InChI is InChI=1S/C21H28N2O2/c1-22(2)15-19-16-23(14-17-7-4-3-5-8-17)12-11-21(19,25)18-9-6-10-20(24)13-18/h3-10,13,19,24-25H,11-12,14-16H2,1-2H3. The molecule has 2 unspecified atom stereocenters. The third-order valence-corrected chi connectivity index (χ3v) is 5.14. The second-order valence-corrected chi connectivity index (χ2v) is 7.40. The number of phenolic OH excluding ortho intramolecular Hbond substituents is 1. The van der Waals surface area contributed by atoms with Gasteiger partial charge in [0.2, 0.25) is 0 Å². The molecule has 1 aliphatic rings. The van der Waals surface area contributed by atoms with Crippen LogP contribution in [0, 0.1) is 5.92 Å². The van der Waals surface area contributed by atoms with Crippen molar-refractivity contribution in [1.29, 1.82) is 0 Å². The van der Waals surface area contributed by atoms with Gasteiger partial charge in [-0.2, -0.15) is 0 Å². The Kier molecular flexibility index (Phi) is 5.42. The molecule has 0 aromatic heterocycles. The summed E-state index contributed by atoms with van der Waals surface area (Å²) in [5.41, 5.74) is 1.21. The van der Waals surface area contributed by atoms with Gasteiger partial charge >= 0.3 is 0 Å². The normalized spacial score (nSPS) is 24.6. The van der Waals surface area contributed by atoms with Crippen LogP contribution < -0.4 is 0 Å². The summed E-state index contributed by atoms with van der Waals surface area (Å²) in [7, 11) is 4.08. The molecule has 25 heavy (non-hydrogen) atoms. The van der Waals surface area contributed by atoms with Crippen molar-refractivity contribution in [2.24, 2.45) is 5.92 Å². The predicted octanol–water partition coefficient (Wildman–Crippen LogP) is 2.66. The minimum atomic E-state index is -0.907. The number of likely N-dealkylation sites (tertiary alicyclic amines) is 1. The molecule has 1 heterocycles. The average molecular weight is 340 g/mol. The summed E-state index contributed by atoms with van der Waals surface area (Å²) in [6, 6.07) is 17.6. The molecular weight excluding hydrogens is 312 g/mol. The minimum absolute atomic E-state index is 0.0850. The van der Waals surface area contributed by atoms with Gasteiger partial charge in [0.25, 0.3) is 0 Å². The van der Waals surface area contributed by atoms with Gasteiger partial charge < -0.3 is 15.1 Å². The number of piperidine rings is 1. The predicted molar refractivity (Wildman–Crippen MR) is 100 cm³/mol. The Labute approximate surface area is 150 Å². The number of aliphatic hydroxyl groups is 1. The van der Waals surface area contributed by atoms with Crippen molar-refractivity contribution in [2.75, 3.05) is 33.7 Å². The van der Waals surface area contributed by atoms with E-state index >= 15 is 0 Å². The molecule has 4 nitrogen and oxygen atoms in total. The fourth-order valence-electron chi connectivity index (χ4n) is 3.88. The molecule has 0 aliphatic carbocycles. The van der Waals surface area contributed by atoms with E-state index in [4.69, 9.17) is 0 Å². The highest BCUT2D eigenvalue weighted by Gasteiger charge is 2.43. The Morgan fingerprint density at radius 3 is 2.56 bits per heavy atom. The highest BCUT2D eigenvalue weighted by Crippen LogP contribution is 2.39. The first kappa shape index (κ1) is 17.9. The smallest absolute Gasteiger partial charge is 0.115 e. The zero-order valence-electron chi connectivity index (χ0n) is 15.1. The number of benzene rings is 2. The molecule has 2 aromatic carbocycles. The van der Waals surface area contributed by atoms with Crippen molar-refractivity contribution >= 4 is 0 Å². The van der Waals surface area contributed by atoms with E-state index in [1.54, 1.807) is 12.1 Å². The average Bonchev–Trinajstić information content (AvgIpc) is 2.58. The van der Waals surface area contributed by atoms with Gasteiger partial charge in [0.05, 0.1) is 5.60 Å². The van der Waals surface area contributed by atoms with E-state index in [0.717, 1.165) is 31.7 Å². The first-order valence-electron chi connectivity index (χ1n) is 8.90. The third-order valence-electron chi connectivity index (χ3n) is 5.14. The lowest BCUT2D eigenvalue weighted by molar-refractivity contribution is -0.0863. The molecule has 1 saturated heterocycles. The van der Waals surface area contributed by atoms with Crippen LogP contribution in [0.4, 0.5) is 0 Å². The van der Waals surface area contributed by atoms with Crippen LogP contribution in [0.25, 0.3) is 0 Å². The topological polar surface area (TPSA) is 46.9 Å². The number of rotatable bonds is 5. The fourth-order valence-corrected chi connectivity index (χ4v) is 3.88. The molecule has 3 rings (SSSR count). The largest absolute Gasteiger partial charge is 0.508 e. The van der Waals surface area contributed by atoms with E-state index in [1.165, 1.54) is 5.56 Å². The number of nitrogens with zero attached hydrogens (tertiary/aromatic N) is 2. The number of aromatic hydroxyl groups is 1. The van der Waals surface area contributed by atoms with Crippen molar-refractivity contribution in [2.45, 2.75) is 18.6 Å². The molecule has 2 N–H and O–H groups in total. The summed E-state index contributed by atoms with van der Waals surface area (Å²) >= 11 is 0. The van der Waals surface area contributed by atoms with Crippen LogP contribution in [0.5, 0.6) is 5.75 Å². The molecule has 0 spiro atoms. The van der Waals surface area contributed by atoms with Gasteiger partial charge in [-0.25, -0.2) is 0 Å². The van der Waals surface area contributed by atoms with Crippen LogP contribution in [0.1, 0.15) is 17.5 Å². The van der Waals surface area contributed by atoms with Crippen molar-refractivity contribution in [3.05, 3.63) is 65.7 Å². The molecule has 1 fully saturated rings. The van der Waals surface area contributed by atoms with Crippen molar-refractivity contribution in [3.63, 3.8) is 0 Å². The number of hydrogen-bond acceptors (Lipinski definition) is 4. The first-order chi connectivity index (χ1) is 12.0. The van der Waals surface area contributed by atoms with E-state index in [9.17, 15) is 10.2 Å². The van der Waals surface area contributed by atoms with Crippen molar-refractivity contribution in [1.82, 2.24) is 9.80 Å². The van der Waals surface area contributed by atoms with Crippen LogP contribution in [0.3, 0.4) is 0 Å². The Morgan fingerprint density at radius 1 is 1.12 bits per heavy atom. The quantitative estimate of drug-likeness (QED) is 0.878. The Morgan fingerprint density at radius 2 is 1.88 bits per heavy atom. The molecule has 2 aromatic rings.